The molecule has 1 aromatic heterocycles. The first-order valence-electron chi connectivity index (χ1n) is 7.33. The van der Waals surface area contributed by atoms with Crippen LogP contribution in [0.3, 0.4) is 0 Å². The molecule has 12 heteroatoms. The average molecular weight is 459 g/mol. The van der Waals surface area contributed by atoms with Crippen LogP contribution in [0.25, 0.3) is 0 Å². The highest BCUT2D eigenvalue weighted by atomic mass is 35.5. The summed E-state index contributed by atoms with van der Waals surface area (Å²) in [6.07, 6.45) is 0. The van der Waals surface area contributed by atoms with Gasteiger partial charge in [-0.3, -0.25) is 0 Å². The van der Waals surface area contributed by atoms with E-state index in [1.54, 1.807) is 0 Å². The average Bonchev–Trinajstić information content (AvgIpc) is 2.94. The molecule has 0 unspecified atom stereocenters. The third-order valence-corrected chi connectivity index (χ3v) is 9.42. The quantitative estimate of drug-likeness (QED) is 0.705. The molecule has 0 radical (unpaired) electrons. The summed E-state index contributed by atoms with van der Waals surface area (Å²) >= 11 is 12.7. The number of hydrogen-bond donors (Lipinski definition) is 0. The molecule has 0 bridgehead atoms. The lowest BCUT2D eigenvalue weighted by molar-refractivity contribution is 0.273. The molecule has 1 fully saturated rings. The molecular weight excluding hydrogens is 446 g/mol. The molecule has 0 saturated carbocycles. The van der Waals surface area contributed by atoms with Crippen LogP contribution >= 0.6 is 34.5 Å². The summed E-state index contributed by atoms with van der Waals surface area (Å²) in [5.74, 6) is -0.656. The summed E-state index contributed by atoms with van der Waals surface area (Å²) in [6.45, 7) is -0.178. The van der Waals surface area contributed by atoms with Gasteiger partial charge in [-0.2, -0.15) is 8.61 Å². The van der Waals surface area contributed by atoms with Gasteiger partial charge in [0.25, 0.3) is 0 Å². The van der Waals surface area contributed by atoms with Gasteiger partial charge in [0, 0.05) is 26.2 Å². The van der Waals surface area contributed by atoms with E-state index in [0.717, 1.165) is 32.1 Å². The first-order valence-corrected chi connectivity index (χ1v) is 11.8. The summed E-state index contributed by atoms with van der Waals surface area (Å²) in [6, 6.07) is 5.98. The fourth-order valence-corrected chi connectivity index (χ4v) is 7.56. The van der Waals surface area contributed by atoms with Crippen LogP contribution in [0.2, 0.25) is 8.67 Å². The van der Waals surface area contributed by atoms with Crippen LogP contribution in [-0.4, -0.2) is 51.6 Å². The summed E-state index contributed by atoms with van der Waals surface area (Å²) < 4.78 is 66.4. The number of sulfonamides is 2. The van der Waals surface area contributed by atoms with Crippen molar-refractivity contribution in [3.8, 4) is 0 Å². The zero-order valence-electron chi connectivity index (χ0n) is 13.1. The van der Waals surface area contributed by atoms with Crippen LogP contribution in [0.1, 0.15) is 0 Å². The van der Waals surface area contributed by atoms with Gasteiger partial charge in [0.15, 0.2) is 0 Å². The van der Waals surface area contributed by atoms with Crippen LogP contribution in [-0.2, 0) is 20.0 Å². The van der Waals surface area contributed by atoms with Crippen LogP contribution in [0.15, 0.2) is 40.1 Å². The van der Waals surface area contributed by atoms with Gasteiger partial charge in [0.1, 0.15) is 15.0 Å². The predicted octanol–water partition coefficient (Wildman–Crippen LogP) is 2.89. The van der Waals surface area contributed by atoms with Gasteiger partial charge in [0.2, 0.25) is 20.0 Å². The Morgan fingerprint density at radius 2 is 1.50 bits per heavy atom. The van der Waals surface area contributed by atoms with Crippen molar-refractivity contribution < 1.29 is 21.2 Å². The third-order valence-electron chi connectivity index (χ3n) is 3.87. The van der Waals surface area contributed by atoms with Crippen molar-refractivity contribution in [2.75, 3.05) is 26.2 Å². The SMILES string of the molecule is O=S(=O)(c1cccc(F)c1)N1CCN(S(=O)(=O)c2cc(Cl)sc2Cl)CC1. The topological polar surface area (TPSA) is 74.8 Å². The molecule has 0 N–H and O–H groups in total. The van der Waals surface area contributed by atoms with Gasteiger partial charge in [-0.25, -0.2) is 21.2 Å². The highest BCUT2D eigenvalue weighted by molar-refractivity contribution is 7.89. The molecule has 26 heavy (non-hydrogen) atoms. The van der Waals surface area contributed by atoms with Gasteiger partial charge < -0.3 is 0 Å². The second kappa shape index (κ2) is 7.34. The monoisotopic (exact) mass is 458 g/mol. The largest absolute Gasteiger partial charge is 0.245 e. The summed E-state index contributed by atoms with van der Waals surface area (Å²) in [5, 5.41) is 0. The van der Waals surface area contributed by atoms with E-state index in [2.05, 4.69) is 0 Å². The molecule has 1 saturated heterocycles. The smallest absolute Gasteiger partial charge is 0.207 e. The third kappa shape index (κ3) is 3.77. The predicted molar refractivity (Wildman–Crippen MR) is 98.3 cm³/mol. The van der Waals surface area contributed by atoms with Crippen molar-refractivity contribution in [3.63, 3.8) is 0 Å². The minimum atomic E-state index is -3.90. The molecule has 6 nitrogen and oxygen atoms in total. The number of thiophene rings is 1. The molecule has 142 valence electrons. The molecule has 2 heterocycles. The second-order valence-corrected chi connectivity index (χ2v) is 11.6. The van der Waals surface area contributed by atoms with Crippen LogP contribution in [0.5, 0.6) is 0 Å². The van der Waals surface area contributed by atoms with E-state index < -0.39 is 25.9 Å². The van der Waals surface area contributed by atoms with Crippen molar-refractivity contribution >= 4 is 54.6 Å². The van der Waals surface area contributed by atoms with Gasteiger partial charge in [-0.15, -0.1) is 11.3 Å². The Morgan fingerprint density at radius 1 is 0.923 bits per heavy atom. The standard InChI is InChI=1S/C14H13Cl2FN2O4S3/c15-13-9-12(14(16)24-13)26(22,23)19-6-4-18(5-7-19)25(20,21)11-3-1-2-10(17)8-11/h1-3,8-9H,4-7H2. The molecule has 0 amide bonds. The lowest BCUT2D eigenvalue weighted by Crippen LogP contribution is -2.50. The van der Waals surface area contributed by atoms with E-state index in [1.807, 2.05) is 0 Å². The lowest BCUT2D eigenvalue weighted by Gasteiger charge is -2.33. The van der Waals surface area contributed by atoms with Crippen molar-refractivity contribution in [2.24, 2.45) is 0 Å². The summed E-state index contributed by atoms with van der Waals surface area (Å²) in [5.41, 5.74) is 0. The van der Waals surface area contributed by atoms with Crippen molar-refractivity contribution in [1.29, 1.82) is 0 Å². The number of rotatable bonds is 4. The maximum absolute atomic E-state index is 13.3. The first kappa shape index (κ1) is 20.0. The van der Waals surface area contributed by atoms with Crippen LogP contribution < -0.4 is 0 Å². The molecule has 0 spiro atoms. The Hall–Kier alpha value is -0.750. The van der Waals surface area contributed by atoms with Crippen molar-refractivity contribution in [1.82, 2.24) is 8.61 Å². The molecule has 1 aliphatic heterocycles. The minimum absolute atomic E-state index is 0.0410. The molecule has 1 aliphatic rings. The summed E-state index contributed by atoms with van der Waals surface area (Å²) in [4.78, 5) is -0.253. The van der Waals surface area contributed by atoms with E-state index in [1.165, 1.54) is 18.2 Å². The van der Waals surface area contributed by atoms with E-state index in [-0.39, 0.29) is 44.6 Å². The Kier molecular flexibility index (Phi) is 5.65. The van der Waals surface area contributed by atoms with Crippen molar-refractivity contribution in [3.05, 3.63) is 44.8 Å². The number of piperazine rings is 1. The highest BCUT2D eigenvalue weighted by Crippen LogP contribution is 2.36. The maximum Gasteiger partial charge on any atom is 0.245 e. The zero-order chi connectivity index (χ0) is 19.1. The Morgan fingerprint density at radius 3 is 2.00 bits per heavy atom. The van der Waals surface area contributed by atoms with E-state index in [4.69, 9.17) is 23.2 Å². The van der Waals surface area contributed by atoms with Crippen LogP contribution in [0, 0.1) is 5.82 Å². The molecule has 0 aliphatic carbocycles. The van der Waals surface area contributed by atoms with Gasteiger partial charge >= 0.3 is 0 Å². The summed E-state index contributed by atoms with van der Waals surface area (Å²) in [7, 11) is -7.76. The Bertz CT molecular complexity index is 1030. The van der Waals surface area contributed by atoms with Gasteiger partial charge in [0.05, 0.1) is 9.23 Å². The lowest BCUT2D eigenvalue weighted by atomic mass is 10.4. The normalized spacial score (nSPS) is 17.5. The first-order chi connectivity index (χ1) is 12.1. The van der Waals surface area contributed by atoms with E-state index in [9.17, 15) is 21.2 Å². The fourth-order valence-electron chi connectivity index (χ4n) is 2.57. The van der Waals surface area contributed by atoms with Crippen molar-refractivity contribution in [2.45, 2.75) is 9.79 Å². The van der Waals surface area contributed by atoms with E-state index in [0.29, 0.717) is 0 Å². The highest BCUT2D eigenvalue weighted by Gasteiger charge is 2.35. The molecule has 0 atom stereocenters. The second-order valence-electron chi connectivity index (χ2n) is 5.45. The zero-order valence-corrected chi connectivity index (χ0v) is 17.1. The van der Waals surface area contributed by atoms with Crippen LogP contribution in [0.4, 0.5) is 4.39 Å². The molecule has 1 aromatic carbocycles. The molecular formula is C14H13Cl2FN2O4S3. The van der Waals surface area contributed by atoms with E-state index >= 15 is 0 Å². The molecule has 2 aromatic rings. The number of hydrogen-bond acceptors (Lipinski definition) is 5. The maximum atomic E-state index is 13.3. The Balaban J connectivity index is 1.78. The number of benzene rings is 1. The molecule has 3 rings (SSSR count). The minimum Gasteiger partial charge on any atom is -0.207 e. The fraction of sp³-hybridized carbons (Fsp3) is 0.286. The van der Waals surface area contributed by atoms with Gasteiger partial charge in [-0.05, 0) is 24.3 Å². The number of halogens is 3. The van der Waals surface area contributed by atoms with Gasteiger partial charge in [-0.1, -0.05) is 29.3 Å². The number of nitrogens with zero attached hydrogens (tertiary/aromatic N) is 2. The Labute approximate surface area is 164 Å².